The third-order valence-electron chi connectivity index (χ3n) is 1.20. The van der Waals surface area contributed by atoms with Gasteiger partial charge in [-0.25, -0.2) is 8.42 Å². The van der Waals surface area contributed by atoms with Crippen molar-refractivity contribution in [2.45, 2.75) is 19.8 Å². The number of carbonyl (C=O) groups is 1. The van der Waals surface area contributed by atoms with E-state index in [2.05, 4.69) is 4.74 Å². The first-order valence-electron chi connectivity index (χ1n) is 3.79. The zero-order valence-corrected chi connectivity index (χ0v) is 8.19. The Balaban J connectivity index is 3.51. The molecule has 0 aromatic carbocycles. The van der Waals surface area contributed by atoms with Crippen LogP contribution >= 0.6 is 0 Å². The van der Waals surface area contributed by atoms with Gasteiger partial charge in [0.2, 0.25) is 0 Å². The maximum atomic E-state index is 10.7. The van der Waals surface area contributed by atoms with E-state index in [4.69, 9.17) is 0 Å². The SMILES string of the molecule is CCOC(=O)CCCS(C)(=O)=O. The molecule has 5 heteroatoms. The predicted octanol–water partition coefficient (Wildman–Crippen LogP) is 0.374. The Labute approximate surface area is 72.8 Å². The monoisotopic (exact) mass is 194 g/mol. The predicted molar refractivity (Wildman–Crippen MR) is 45.6 cm³/mol. The maximum absolute atomic E-state index is 10.7. The molecule has 0 heterocycles. The molecule has 0 N–H and O–H groups in total. The summed E-state index contributed by atoms with van der Waals surface area (Å²) in [6, 6.07) is 0. The maximum Gasteiger partial charge on any atom is 0.305 e. The van der Waals surface area contributed by atoms with E-state index in [0.717, 1.165) is 6.26 Å². The summed E-state index contributed by atoms with van der Waals surface area (Å²) in [6.07, 6.45) is 1.68. The molecule has 0 aliphatic rings. The van der Waals surface area contributed by atoms with Gasteiger partial charge in [-0.15, -0.1) is 0 Å². The van der Waals surface area contributed by atoms with Crippen LogP contribution in [-0.2, 0) is 19.4 Å². The number of carbonyl (C=O) groups excluding carboxylic acids is 1. The molecule has 4 nitrogen and oxygen atoms in total. The lowest BCUT2D eigenvalue weighted by atomic mass is 10.3. The molecule has 0 aromatic rings. The lowest BCUT2D eigenvalue weighted by Gasteiger charge is -1.99. The van der Waals surface area contributed by atoms with Crippen LogP contribution in [0.1, 0.15) is 19.8 Å². The van der Waals surface area contributed by atoms with Crippen molar-refractivity contribution < 1.29 is 17.9 Å². The van der Waals surface area contributed by atoms with Crippen LogP contribution < -0.4 is 0 Å². The second-order valence-corrected chi connectivity index (χ2v) is 4.80. The Morgan fingerprint density at radius 1 is 1.42 bits per heavy atom. The van der Waals surface area contributed by atoms with Gasteiger partial charge in [0.25, 0.3) is 0 Å². The van der Waals surface area contributed by atoms with Gasteiger partial charge in [0.15, 0.2) is 0 Å². The van der Waals surface area contributed by atoms with E-state index in [-0.39, 0.29) is 18.1 Å². The van der Waals surface area contributed by atoms with Crippen LogP contribution in [0.2, 0.25) is 0 Å². The molecule has 0 amide bonds. The van der Waals surface area contributed by atoms with Crippen molar-refractivity contribution in [1.82, 2.24) is 0 Å². The van der Waals surface area contributed by atoms with Crippen LogP contribution in [0.25, 0.3) is 0 Å². The highest BCUT2D eigenvalue weighted by Crippen LogP contribution is 1.96. The normalized spacial score (nSPS) is 11.2. The standard InChI is InChI=1S/C7H14O4S/c1-3-11-7(8)5-4-6-12(2,9)10/h3-6H2,1-2H3. The zero-order chi connectivity index (χ0) is 9.61. The second-order valence-electron chi connectivity index (χ2n) is 2.54. The Morgan fingerprint density at radius 3 is 2.42 bits per heavy atom. The van der Waals surface area contributed by atoms with Crippen LogP contribution in [0.3, 0.4) is 0 Å². The van der Waals surface area contributed by atoms with Crippen LogP contribution in [-0.4, -0.2) is 33.0 Å². The summed E-state index contributed by atoms with van der Waals surface area (Å²) in [5, 5.41) is 0. The molecule has 0 spiro atoms. The first-order chi connectivity index (χ1) is 5.45. The number of ether oxygens (including phenoxy) is 1. The van der Waals surface area contributed by atoms with Gasteiger partial charge in [-0.1, -0.05) is 0 Å². The first kappa shape index (κ1) is 11.4. The molecule has 72 valence electrons. The summed E-state index contributed by atoms with van der Waals surface area (Å²) >= 11 is 0. The van der Waals surface area contributed by atoms with E-state index in [1.54, 1.807) is 6.92 Å². The quantitative estimate of drug-likeness (QED) is 0.593. The summed E-state index contributed by atoms with van der Waals surface area (Å²) < 4.78 is 25.9. The van der Waals surface area contributed by atoms with Crippen molar-refractivity contribution in [3.05, 3.63) is 0 Å². The fourth-order valence-electron chi connectivity index (χ4n) is 0.712. The summed E-state index contributed by atoms with van der Waals surface area (Å²) in [6.45, 7) is 2.06. The minimum absolute atomic E-state index is 0.0474. The molecule has 0 radical (unpaired) electrons. The van der Waals surface area contributed by atoms with Crippen LogP contribution in [0.5, 0.6) is 0 Å². The van der Waals surface area contributed by atoms with Gasteiger partial charge in [-0.3, -0.25) is 4.79 Å². The van der Waals surface area contributed by atoms with Crippen molar-refractivity contribution in [3.63, 3.8) is 0 Å². The molecule has 0 fully saturated rings. The highest BCUT2D eigenvalue weighted by atomic mass is 32.2. The van der Waals surface area contributed by atoms with Crippen molar-refractivity contribution in [3.8, 4) is 0 Å². The molecule has 0 rings (SSSR count). The average molecular weight is 194 g/mol. The van der Waals surface area contributed by atoms with E-state index >= 15 is 0 Å². The van der Waals surface area contributed by atoms with Crippen LogP contribution in [0, 0.1) is 0 Å². The molecule has 0 aliphatic heterocycles. The van der Waals surface area contributed by atoms with Crippen LogP contribution in [0.15, 0.2) is 0 Å². The zero-order valence-electron chi connectivity index (χ0n) is 7.37. The minimum atomic E-state index is -2.94. The molecular weight excluding hydrogens is 180 g/mol. The number of hydrogen-bond acceptors (Lipinski definition) is 4. The highest BCUT2D eigenvalue weighted by molar-refractivity contribution is 7.90. The molecule has 0 bridgehead atoms. The van der Waals surface area contributed by atoms with E-state index in [0.29, 0.717) is 13.0 Å². The van der Waals surface area contributed by atoms with Gasteiger partial charge >= 0.3 is 5.97 Å². The minimum Gasteiger partial charge on any atom is -0.466 e. The second kappa shape index (κ2) is 5.13. The fourth-order valence-corrected chi connectivity index (χ4v) is 1.38. The molecule has 0 unspecified atom stereocenters. The summed E-state index contributed by atoms with van der Waals surface area (Å²) in [5.74, 6) is -0.285. The molecule has 0 aromatic heterocycles. The summed E-state index contributed by atoms with van der Waals surface area (Å²) in [4.78, 5) is 10.7. The van der Waals surface area contributed by atoms with Crippen molar-refractivity contribution >= 4 is 15.8 Å². The number of hydrogen-bond donors (Lipinski definition) is 0. The average Bonchev–Trinajstić information content (AvgIpc) is 1.84. The highest BCUT2D eigenvalue weighted by Gasteiger charge is 2.05. The molecule has 0 saturated heterocycles. The molecular formula is C7H14O4S. The topological polar surface area (TPSA) is 60.4 Å². The number of sulfone groups is 1. The van der Waals surface area contributed by atoms with Gasteiger partial charge < -0.3 is 4.74 Å². The van der Waals surface area contributed by atoms with Gasteiger partial charge in [0.05, 0.1) is 12.4 Å². The third kappa shape index (κ3) is 7.53. The molecule has 0 saturated carbocycles. The van der Waals surface area contributed by atoms with Gasteiger partial charge in [-0.05, 0) is 13.3 Å². The lowest BCUT2D eigenvalue weighted by molar-refractivity contribution is -0.143. The lowest BCUT2D eigenvalue weighted by Crippen LogP contribution is -2.08. The smallest absolute Gasteiger partial charge is 0.305 e. The van der Waals surface area contributed by atoms with E-state index in [1.165, 1.54) is 0 Å². The van der Waals surface area contributed by atoms with Crippen molar-refractivity contribution in [1.29, 1.82) is 0 Å². The van der Waals surface area contributed by atoms with Gasteiger partial charge in [0.1, 0.15) is 9.84 Å². The first-order valence-corrected chi connectivity index (χ1v) is 5.85. The molecule has 0 aliphatic carbocycles. The van der Waals surface area contributed by atoms with Crippen LogP contribution in [0.4, 0.5) is 0 Å². The van der Waals surface area contributed by atoms with Crippen molar-refractivity contribution in [2.75, 3.05) is 18.6 Å². The number of esters is 1. The number of rotatable bonds is 5. The Kier molecular flexibility index (Phi) is 4.89. The Morgan fingerprint density at radius 2 is 2.00 bits per heavy atom. The van der Waals surface area contributed by atoms with Gasteiger partial charge in [0, 0.05) is 12.7 Å². The van der Waals surface area contributed by atoms with E-state index in [9.17, 15) is 13.2 Å². The summed E-state index contributed by atoms with van der Waals surface area (Å²) in [7, 11) is -2.94. The van der Waals surface area contributed by atoms with Gasteiger partial charge in [-0.2, -0.15) is 0 Å². The fraction of sp³-hybridized carbons (Fsp3) is 0.857. The Bertz CT molecular complexity index is 230. The largest absolute Gasteiger partial charge is 0.466 e. The third-order valence-corrected chi connectivity index (χ3v) is 2.23. The summed E-state index contributed by atoms with van der Waals surface area (Å²) in [5.41, 5.74) is 0. The molecule has 0 atom stereocenters. The van der Waals surface area contributed by atoms with Crippen molar-refractivity contribution in [2.24, 2.45) is 0 Å². The van der Waals surface area contributed by atoms with E-state index in [1.807, 2.05) is 0 Å². The van der Waals surface area contributed by atoms with E-state index < -0.39 is 9.84 Å². The molecule has 12 heavy (non-hydrogen) atoms. The Hall–Kier alpha value is -0.580.